The maximum atomic E-state index is 5.33. The number of rotatable bonds is 2. The highest BCUT2D eigenvalue weighted by atomic mass is 79.9. The van der Waals surface area contributed by atoms with Crippen LogP contribution < -0.4 is 10.1 Å². The molecule has 3 heteroatoms. The van der Waals surface area contributed by atoms with Gasteiger partial charge in [0.05, 0.1) is 7.11 Å². The minimum Gasteiger partial charge on any atom is -0.497 e. The van der Waals surface area contributed by atoms with Crippen molar-refractivity contribution < 1.29 is 4.74 Å². The van der Waals surface area contributed by atoms with Gasteiger partial charge >= 0.3 is 0 Å². The summed E-state index contributed by atoms with van der Waals surface area (Å²) in [4.78, 5) is 0. The Bertz CT molecular complexity index is 372. The standard InChI is InChI=1S/C13H18BrNO/c1-9-7-10(16-2)8-11(13(9)14)12-5-3-4-6-15-12/h7-8,12,15H,3-6H2,1-2H3. The first-order chi connectivity index (χ1) is 7.72. The van der Waals surface area contributed by atoms with Gasteiger partial charge in [-0.3, -0.25) is 0 Å². The average molecular weight is 284 g/mol. The van der Waals surface area contributed by atoms with Crippen LogP contribution in [0, 0.1) is 6.92 Å². The van der Waals surface area contributed by atoms with E-state index in [1.54, 1.807) is 7.11 Å². The number of hydrogen-bond acceptors (Lipinski definition) is 2. The van der Waals surface area contributed by atoms with Crippen LogP contribution in [0.25, 0.3) is 0 Å². The van der Waals surface area contributed by atoms with Gasteiger partial charge in [-0.15, -0.1) is 0 Å². The summed E-state index contributed by atoms with van der Waals surface area (Å²) in [5.74, 6) is 0.947. The molecule has 0 aliphatic carbocycles. The molecule has 0 radical (unpaired) electrons. The van der Waals surface area contributed by atoms with E-state index >= 15 is 0 Å². The fraction of sp³-hybridized carbons (Fsp3) is 0.538. The molecule has 0 aromatic heterocycles. The number of methoxy groups -OCH3 is 1. The van der Waals surface area contributed by atoms with Gasteiger partial charge in [-0.2, -0.15) is 0 Å². The Labute approximate surface area is 106 Å². The number of aryl methyl sites for hydroxylation is 1. The molecule has 0 amide bonds. The highest BCUT2D eigenvalue weighted by Crippen LogP contribution is 2.34. The Morgan fingerprint density at radius 2 is 2.19 bits per heavy atom. The van der Waals surface area contributed by atoms with Gasteiger partial charge in [-0.25, -0.2) is 0 Å². The van der Waals surface area contributed by atoms with E-state index in [2.05, 4.69) is 40.3 Å². The number of ether oxygens (including phenoxy) is 1. The third kappa shape index (κ3) is 2.41. The lowest BCUT2D eigenvalue weighted by atomic mass is 9.96. The summed E-state index contributed by atoms with van der Waals surface area (Å²) < 4.78 is 6.55. The van der Waals surface area contributed by atoms with Crippen LogP contribution >= 0.6 is 15.9 Å². The second-order valence-electron chi connectivity index (χ2n) is 4.35. The van der Waals surface area contributed by atoms with Gasteiger partial charge < -0.3 is 10.1 Å². The van der Waals surface area contributed by atoms with Crippen LogP contribution in [0.4, 0.5) is 0 Å². The van der Waals surface area contributed by atoms with Crippen LogP contribution in [-0.2, 0) is 0 Å². The third-order valence-corrected chi connectivity index (χ3v) is 4.26. The molecule has 1 unspecified atom stereocenters. The minimum atomic E-state index is 0.469. The monoisotopic (exact) mass is 283 g/mol. The van der Waals surface area contributed by atoms with E-state index in [0.717, 1.165) is 12.3 Å². The molecular weight excluding hydrogens is 266 g/mol. The maximum absolute atomic E-state index is 5.33. The van der Waals surface area contributed by atoms with Crippen LogP contribution in [0.1, 0.15) is 36.4 Å². The summed E-state index contributed by atoms with van der Waals surface area (Å²) in [5.41, 5.74) is 2.57. The lowest BCUT2D eigenvalue weighted by Gasteiger charge is -2.25. The van der Waals surface area contributed by atoms with Crippen molar-refractivity contribution >= 4 is 15.9 Å². The molecule has 1 fully saturated rings. The van der Waals surface area contributed by atoms with Gasteiger partial charge in [-0.05, 0) is 49.6 Å². The Morgan fingerprint density at radius 1 is 1.38 bits per heavy atom. The molecular formula is C13H18BrNO. The van der Waals surface area contributed by atoms with E-state index in [4.69, 9.17) is 4.74 Å². The van der Waals surface area contributed by atoms with E-state index < -0.39 is 0 Å². The van der Waals surface area contributed by atoms with Gasteiger partial charge in [-0.1, -0.05) is 22.4 Å². The summed E-state index contributed by atoms with van der Waals surface area (Å²) in [6.45, 7) is 3.23. The van der Waals surface area contributed by atoms with Gasteiger partial charge in [0, 0.05) is 10.5 Å². The fourth-order valence-corrected chi connectivity index (χ4v) is 2.76. The van der Waals surface area contributed by atoms with Crippen LogP contribution in [-0.4, -0.2) is 13.7 Å². The number of nitrogens with one attached hydrogen (secondary N) is 1. The molecule has 1 N–H and O–H groups in total. The summed E-state index contributed by atoms with van der Waals surface area (Å²) >= 11 is 3.68. The van der Waals surface area contributed by atoms with E-state index in [-0.39, 0.29) is 0 Å². The smallest absolute Gasteiger partial charge is 0.119 e. The number of benzene rings is 1. The molecule has 1 atom stereocenters. The van der Waals surface area contributed by atoms with Crippen molar-refractivity contribution in [2.45, 2.75) is 32.2 Å². The number of piperidine rings is 1. The Hall–Kier alpha value is -0.540. The minimum absolute atomic E-state index is 0.469. The topological polar surface area (TPSA) is 21.3 Å². The molecule has 1 aromatic rings. The van der Waals surface area contributed by atoms with E-state index in [0.29, 0.717) is 6.04 Å². The van der Waals surface area contributed by atoms with Crippen molar-refractivity contribution in [3.05, 3.63) is 27.7 Å². The first-order valence-corrected chi connectivity index (χ1v) is 6.59. The Balaban J connectivity index is 2.33. The van der Waals surface area contributed by atoms with E-state index in [9.17, 15) is 0 Å². The summed E-state index contributed by atoms with van der Waals surface area (Å²) in [5, 5.41) is 3.57. The highest BCUT2D eigenvalue weighted by Gasteiger charge is 2.18. The lowest BCUT2D eigenvalue weighted by molar-refractivity contribution is 0.399. The van der Waals surface area contributed by atoms with Crippen LogP contribution in [0.3, 0.4) is 0 Å². The van der Waals surface area contributed by atoms with E-state index in [1.807, 2.05) is 0 Å². The fourth-order valence-electron chi connectivity index (χ4n) is 2.25. The third-order valence-electron chi connectivity index (χ3n) is 3.18. The van der Waals surface area contributed by atoms with Crippen molar-refractivity contribution in [2.24, 2.45) is 0 Å². The molecule has 2 rings (SSSR count). The predicted molar refractivity (Wildman–Crippen MR) is 70.0 cm³/mol. The molecule has 1 aliphatic rings. The number of halogens is 1. The van der Waals surface area contributed by atoms with Gasteiger partial charge in [0.1, 0.15) is 5.75 Å². The van der Waals surface area contributed by atoms with Gasteiger partial charge in [0.15, 0.2) is 0 Å². The van der Waals surface area contributed by atoms with Crippen LogP contribution in [0.2, 0.25) is 0 Å². The van der Waals surface area contributed by atoms with Crippen LogP contribution in [0.15, 0.2) is 16.6 Å². The molecule has 1 aromatic carbocycles. The molecule has 0 saturated carbocycles. The summed E-state index contributed by atoms with van der Waals surface area (Å²) in [6.07, 6.45) is 3.81. The maximum Gasteiger partial charge on any atom is 0.119 e. The zero-order valence-corrected chi connectivity index (χ0v) is 11.4. The van der Waals surface area contributed by atoms with Crippen LogP contribution in [0.5, 0.6) is 5.75 Å². The summed E-state index contributed by atoms with van der Waals surface area (Å²) in [7, 11) is 1.72. The zero-order chi connectivity index (χ0) is 11.5. The molecule has 1 saturated heterocycles. The van der Waals surface area contributed by atoms with Crippen molar-refractivity contribution in [3.63, 3.8) is 0 Å². The van der Waals surface area contributed by atoms with E-state index in [1.165, 1.54) is 34.9 Å². The normalized spacial score (nSPS) is 20.8. The second-order valence-corrected chi connectivity index (χ2v) is 5.14. The molecule has 1 heterocycles. The Morgan fingerprint density at radius 3 is 2.81 bits per heavy atom. The Kier molecular flexibility index (Phi) is 3.87. The SMILES string of the molecule is COc1cc(C)c(Br)c(C2CCCCN2)c1. The quantitative estimate of drug-likeness (QED) is 0.896. The second kappa shape index (κ2) is 5.19. The molecule has 0 spiro atoms. The number of hydrogen-bond donors (Lipinski definition) is 1. The van der Waals surface area contributed by atoms with Crippen molar-refractivity contribution in [1.29, 1.82) is 0 Å². The van der Waals surface area contributed by atoms with Crippen molar-refractivity contribution in [2.75, 3.05) is 13.7 Å². The molecule has 2 nitrogen and oxygen atoms in total. The molecule has 88 valence electrons. The molecule has 1 aliphatic heterocycles. The predicted octanol–water partition coefficient (Wildman–Crippen LogP) is 3.58. The van der Waals surface area contributed by atoms with Crippen molar-refractivity contribution in [3.8, 4) is 5.75 Å². The van der Waals surface area contributed by atoms with Crippen molar-refractivity contribution in [1.82, 2.24) is 5.32 Å². The first kappa shape index (κ1) is 11.9. The molecule has 0 bridgehead atoms. The summed E-state index contributed by atoms with van der Waals surface area (Å²) in [6, 6.07) is 4.67. The van der Waals surface area contributed by atoms with Gasteiger partial charge in [0.25, 0.3) is 0 Å². The largest absolute Gasteiger partial charge is 0.497 e. The lowest BCUT2D eigenvalue weighted by Crippen LogP contribution is -2.27. The van der Waals surface area contributed by atoms with Gasteiger partial charge in [0.2, 0.25) is 0 Å². The zero-order valence-electron chi connectivity index (χ0n) is 9.85. The first-order valence-electron chi connectivity index (χ1n) is 5.80. The highest BCUT2D eigenvalue weighted by molar-refractivity contribution is 9.10. The molecule has 16 heavy (non-hydrogen) atoms. The average Bonchev–Trinajstić information content (AvgIpc) is 2.33.